The second kappa shape index (κ2) is 4.43. The van der Waals surface area contributed by atoms with Gasteiger partial charge in [0.2, 0.25) is 0 Å². The zero-order valence-corrected chi connectivity index (χ0v) is 8.64. The van der Waals surface area contributed by atoms with Crippen LogP contribution in [0.1, 0.15) is 18.1 Å². The fourth-order valence-electron chi connectivity index (χ4n) is 1.28. The molecule has 1 aromatic carbocycles. The number of carbonyl (C=O) groups is 1. The van der Waals surface area contributed by atoms with E-state index < -0.39 is 0 Å². The fraction of sp³-hybridized carbons (Fsp3) is 0.364. The average Bonchev–Trinajstić information content (AvgIpc) is 2.09. The predicted octanol–water partition coefficient (Wildman–Crippen LogP) is 3.03. The van der Waals surface area contributed by atoms with Gasteiger partial charge in [0.1, 0.15) is 6.29 Å². The smallest absolute Gasteiger partial charge is 0.123 e. The Morgan fingerprint density at radius 1 is 1.54 bits per heavy atom. The normalized spacial score (nSPS) is 12.5. The lowest BCUT2D eigenvalue weighted by Crippen LogP contribution is -2.01. The fourth-order valence-corrected chi connectivity index (χ4v) is 1.51. The lowest BCUT2D eigenvalue weighted by Gasteiger charge is -2.07. The number of hydrogen-bond acceptors (Lipinski definition) is 1. The molecule has 0 aliphatic rings. The van der Waals surface area contributed by atoms with E-state index in [-0.39, 0.29) is 5.92 Å². The van der Waals surface area contributed by atoms with E-state index in [1.165, 1.54) is 5.56 Å². The molecule has 1 rings (SSSR count). The van der Waals surface area contributed by atoms with Crippen molar-refractivity contribution in [1.29, 1.82) is 0 Å². The maximum absolute atomic E-state index is 10.5. The molecule has 0 saturated carbocycles. The molecule has 1 nitrogen and oxygen atoms in total. The van der Waals surface area contributed by atoms with Gasteiger partial charge in [-0.25, -0.2) is 0 Å². The van der Waals surface area contributed by atoms with Crippen LogP contribution in [0.4, 0.5) is 0 Å². The minimum absolute atomic E-state index is 0.0832. The van der Waals surface area contributed by atoms with Crippen LogP contribution in [0.5, 0.6) is 0 Å². The van der Waals surface area contributed by atoms with E-state index in [9.17, 15) is 4.79 Å². The van der Waals surface area contributed by atoms with E-state index in [0.29, 0.717) is 0 Å². The summed E-state index contributed by atoms with van der Waals surface area (Å²) in [5.74, 6) is 0.0832. The molecular weight excluding hydrogens is 184 g/mol. The number of aryl methyl sites for hydroxylation is 1. The number of hydrogen-bond donors (Lipinski definition) is 0. The summed E-state index contributed by atoms with van der Waals surface area (Å²) in [6.45, 7) is 3.93. The maximum atomic E-state index is 10.5. The van der Waals surface area contributed by atoms with Gasteiger partial charge in [-0.15, -0.1) is 0 Å². The van der Waals surface area contributed by atoms with Crippen LogP contribution in [0.15, 0.2) is 18.2 Å². The lowest BCUT2D eigenvalue weighted by atomic mass is 9.99. The van der Waals surface area contributed by atoms with Crippen LogP contribution in [-0.2, 0) is 11.2 Å². The van der Waals surface area contributed by atoms with E-state index in [4.69, 9.17) is 11.6 Å². The van der Waals surface area contributed by atoms with Crippen molar-refractivity contribution in [1.82, 2.24) is 0 Å². The third-order valence-electron chi connectivity index (χ3n) is 2.08. The highest BCUT2D eigenvalue weighted by Crippen LogP contribution is 2.17. The Bertz CT molecular complexity index is 307. The summed E-state index contributed by atoms with van der Waals surface area (Å²) >= 11 is 5.82. The summed E-state index contributed by atoms with van der Waals surface area (Å²) in [5, 5.41) is 0.750. The quantitative estimate of drug-likeness (QED) is 0.680. The van der Waals surface area contributed by atoms with Crippen molar-refractivity contribution in [3.05, 3.63) is 34.3 Å². The average molecular weight is 197 g/mol. The third-order valence-corrected chi connectivity index (χ3v) is 2.31. The molecule has 0 aliphatic heterocycles. The molecule has 0 fully saturated rings. The van der Waals surface area contributed by atoms with Crippen LogP contribution >= 0.6 is 11.6 Å². The second-order valence-corrected chi connectivity index (χ2v) is 3.82. The standard InChI is InChI=1S/C11H13ClO/c1-8(7-13)5-10-3-4-11(12)6-9(10)2/h3-4,6-8H,5H2,1-2H3. The summed E-state index contributed by atoms with van der Waals surface area (Å²) in [7, 11) is 0. The molecule has 0 saturated heterocycles. The van der Waals surface area contributed by atoms with E-state index in [1.54, 1.807) is 0 Å². The molecule has 0 amide bonds. The van der Waals surface area contributed by atoms with Gasteiger partial charge in [-0.1, -0.05) is 24.6 Å². The maximum Gasteiger partial charge on any atom is 0.123 e. The lowest BCUT2D eigenvalue weighted by molar-refractivity contribution is -0.110. The van der Waals surface area contributed by atoms with Crippen molar-refractivity contribution in [3.63, 3.8) is 0 Å². The Morgan fingerprint density at radius 3 is 2.77 bits per heavy atom. The second-order valence-electron chi connectivity index (χ2n) is 3.39. The summed E-state index contributed by atoms with van der Waals surface area (Å²) < 4.78 is 0. The molecule has 1 atom stereocenters. The number of aldehydes is 1. The highest BCUT2D eigenvalue weighted by atomic mass is 35.5. The Kier molecular flexibility index (Phi) is 3.49. The SMILES string of the molecule is Cc1cc(Cl)ccc1CC(C)C=O. The summed E-state index contributed by atoms with van der Waals surface area (Å²) in [6, 6.07) is 5.77. The van der Waals surface area contributed by atoms with Gasteiger partial charge in [-0.3, -0.25) is 0 Å². The van der Waals surface area contributed by atoms with Gasteiger partial charge in [-0.2, -0.15) is 0 Å². The monoisotopic (exact) mass is 196 g/mol. The van der Waals surface area contributed by atoms with Crippen LogP contribution < -0.4 is 0 Å². The van der Waals surface area contributed by atoms with E-state index >= 15 is 0 Å². The zero-order valence-electron chi connectivity index (χ0n) is 7.88. The van der Waals surface area contributed by atoms with Crippen molar-refractivity contribution in [2.75, 3.05) is 0 Å². The Morgan fingerprint density at radius 2 is 2.23 bits per heavy atom. The first kappa shape index (κ1) is 10.3. The molecule has 0 aliphatic carbocycles. The number of benzene rings is 1. The Labute approximate surface area is 83.7 Å². The molecule has 0 aromatic heterocycles. The molecule has 0 spiro atoms. The highest BCUT2D eigenvalue weighted by Gasteiger charge is 2.04. The minimum atomic E-state index is 0.0832. The molecule has 1 unspecified atom stereocenters. The first-order valence-electron chi connectivity index (χ1n) is 4.34. The van der Waals surface area contributed by atoms with E-state index in [2.05, 4.69) is 0 Å². The molecule has 0 bridgehead atoms. The van der Waals surface area contributed by atoms with Crippen molar-refractivity contribution >= 4 is 17.9 Å². The van der Waals surface area contributed by atoms with Crippen LogP contribution in [0, 0.1) is 12.8 Å². The molecule has 70 valence electrons. The van der Waals surface area contributed by atoms with Crippen LogP contribution in [0.2, 0.25) is 5.02 Å². The molecule has 2 heteroatoms. The molecule has 0 heterocycles. The highest BCUT2D eigenvalue weighted by molar-refractivity contribution is 6.30. The Hall–Kier alpha value is -0.820. The largest absolute Gasteiger partial charge is 0.303 e. The summed E-state index contributed by atoms with van der Waals surface area (Å²) in [5.41, 5.74) is 2.35. The summed E-state index contributed by atoms with van der Waals surface area (Å²) in [4.78, 5) is 10.5. The van der Waals surface area contributed by atoms with Gasteiger partial charge in [-0.05, 0) is 36.6 Å². The Balaban J connectivity index is 2.83. The molecular formula is C11H13ClO. The van der Waals surface area contributed by atoms with Crippen LogP contribution in [-0.4, -0.2) is 6.29 Å². The summed E-state index contributed by atoms with van der Waals surface area (Å²) in [6.07, 6.45) is 1.78. The van der Waals surface area contributed by atoms with Gasteiger partial charge in [0.15, 0.2) is 0 Å². The van der Waals surface area contributed by atoms with Crippen LogP contribution in [0.25, 0.3) is 0 Å². The van der Waals surface area contributed by atoms with E-state index in [0.717, 1.165) is 23.3 Å². The first-order valence-corrected chi connectivity index (χ1v) is 4.71. The number of halogens is 1. The van der Waals surface area contributed by atoms with Crippen LogP contribution in [0.3, 0.4) is 0 Å². The van der Waals surface area contributed by atoms with Gasteiger partial charge in [0.05, 0.1) is 0 Å². The van der Waals surface area contributed by atoms with Crippen molar-refractivity contribution in [2.45, 2.75) is 20.3 Å². The third kappa shape index (κ3) is 2.85. The molecule has 1 aromatic rings. The van der Waals surface area contributed by atoms with Gasteiger partial charge >= 0.3 is 0 Å². The first-order chi connectivity index (χ1) is 6.13. The van der Waals surface area contributed by atoms with Gasteiger partial charge < -0.3 is 4.79 Å². The van der Waals surface area contributed by atoms with E-state index in [1.807, 2.05) is 32.0 Å². The molecule has 13 heavy (non-hydrogen) atoms. The molecule has 0 radical (unpaired) electrons. The van der Waals surface area contributed by atoms with Crippen molar-refractivity contribution in [3.8, 4) is 0 Å². The number of rotatable bonds is 3. The van der Waals surface area contributed by atoms with Crippen molar-refractivity contribution < 1.29 is 4.79 Å². The van der Waals surface area contributed by atoms with Crippen molar-refractivity contribution in [2.24, 2.45) is 5.92 Å². The number of carbonyl (C=O) groups excluding carboxylic acids is 1. The topological polar surface area (TPSA) is 17.1 Å². The van der Waals surface area contributed by atoms with Gasteiger partial charge in [0.25, 0.3) is 0 Å². The predicted molar refractivity (Wildman–Crippen MR) is 55.1 cm³/mol. The zero-order chi connectivity index (χ0) is 9.84. The molecule has 0 N–H and O–H groups in total. The van der Waals surface area contributed by atoms with Gasteiger partial charge in [0, 0.05) is 10.9 Å². The minimum Gasteiger partial charge on any atom is -0.303 e.